The van der Waals surface area contributed by atoms with E-state index in [1.807, 2.05) is 61.6 Å². The van der Waals surface area contributed by atoms with Crippen molar-refractivity contribution in [3.63, 3.8) is 0 Å². The molecular formula is C18H19N5OS2. The van der Waals surface area contributed by atoms with Gasteiger partial charge in [-0.25, -0.2) is 9.97 Å². The van der Waals surface area contributed by atoms with E-state index in [4.69, 9.17) is 0 Å². The second-order valence-corrected chi connectivity index (χ2v) is 7.81. The minimum absolute atomic E-state index is 0.675. The molecule has 0 amide bonds. The van der Waals surface area contributed by atoms with Crippen LogP contribution in [0.3, 0.4) is 0 Å². The molecule has 0 radical (unpaired) electrons. The fourth-order valence-electron chi connectivity index (χ4n) is 2.27. The highest BCUT2D eigenvalue weighted by molar-refractivity contribution is 7.97. The molecule has 26 heavy (non-hydrogen) atoms. The first-order chi connectivity index (χ1) is 12.6. The summed E-state index contributed by atoms with van der Waals surface area (Å²) in [6.45, 7) is 0. The average Bonchev–Trinajstić information content (AvgIpc) is 2.63. The summed E-state index contributed by atoms with van der Waals surface area (Å²) in [7, 11) is 0.903. The lowest BCUT2D eigenvalue weighted by Crippen LogP contribution is -1.99. The molecule has 0 saturated carbocycles. The molecule has 0 aliphatic carbocycles. The monoisotopic (exact) mass is 385 g/mol. The summed E-state index contributed by atoms with van der Waals surface area (Å²) >= 11 is 1.55. The van der Waals surface area contributed by atoms with Gasteiger partial charge in [0, 0.05) is 44.3 Å². The van der Waals surface area contributed by atoms with Gasteiger partial charge < -0.3 is 10.6 Å². The predicted octanol–water partition coefficient (Wildman–Crippen LogP) is 3.93. The van der Waals surface area contributed by atoms with Crippen LogP contribution in [0, 0.1) is 0 Å². The summed E-state index contributed by atoms with van der Waals surface area (Å²) in [4.78, 5) is 10.4. The number of nitrogens with zero attached hydrogens (tertiary/aromatic N) is 2. The zero-order valence-corrected chi connectivity index (χ0v) is 16.0. The lowest BCUT2D eigenvalue weighted by atomic mass is 10.3. The number of nitrogens with one attached hydrogen (secondary N) is 3. The van der Waals surface area contributed by atoms with Crippen molar-refractivity contribution in [3.8, 4) is 0 Å². The molecule has 2 aromatic carbocycles. The molecule has 1 unspecified atom stereocenters. The first-order valence-electron chi connectivity index (χ1n) is 7.87. The first kappa shape index (κ1) is 18.4. The maximum absolute atomic E-state index is 11.5. The second-order valence-electron chi connectivity index (χ2n) is 5.35. The third-order valence-corrected chi connectivity index (χ3v) is 5.08. The molecule has 1 atom stereocenters. The molecule has 0 bridgehead atoms. The molecule has 3 aromatic rings. The lowest BCUT2D eigenvalue weighted by molar-refractivity contribution is 0.687. The summed E-state index contributed by atoms with van der Waals surface area (Å²) in [5.41, 5.74) is 1.82. The minimum atomic E-state index is -0.983. The third-order valence-electron chi connectivity index (χ3n) is 3.45. The van der Waals surface area contributed by atoms with Gasteiger partial charge in [-0.15, -0.1) is 0 Å². The summed E-state index contributed by atoms with van der Waals surface area (Å²) in [6, 6.07) is 17.3. The number of rotatable bonds is 7. The van der Waals surface area contributed by atoms with Gasteiger partial charge in [0.25, 0.3) is 0 Å². The van der Waals surface area contributed by atoms with Gasteiger partial charge in [-0.05, 0) is 61.5 Å². The van der Waals surface area contributed by atoms with E-state index >= 15 is 0 Å². The van der Waals surface area contributed by atoms with Crippen molar-refractivity contribution in [2.75, 3.05) is 23.9 Å². The Bertz CT molecular complexity index is 902. The van der Waals surface area contributed by atoms with E-state index in [0.717, 1.165) is 21.2 Å². The Morgan fingerprint density at radius 3 is 2.27 bits per heavy atom. The molecule has 134 valence electrons. The average molecular weight is 386 g/mol. The maximum Gasteiger partial charge on any atom is 0.135 e. The quantitative estimate of drug-likeness (QED) is 0.532. The van der Waals surface area contributed by atoms with Crippen LogP contribution in [0.1, 0.15) is 0 Å². The second kappa shape index (κ2) is 8.79. The summed E-state index contributed by atoms with van der Waals surface area (Å²) in [5, 5.41) is 6.50. The van der Waals surface area contributed by atoms with E-state index in [0.29, 0.717) is 11.6 Å². The molecule has 0 fully saturated rings. The Balaban J connectivity index is 1.71. The normalized spacial score (nSPS) is 11.8. The van der Waals surface area contributed by atoms with Gasteiger partial charge in [-0.1, -0.05) is 6.07 Å². The van der Waals surface area contributed by atoms with Crippen molar-refractivity contribution in [2.45, 2.75) is 9.79 Å². The lowest BCUT2D eigenvalue weighted by Gasteiger charge is -2.10. The molecule has 0 saturated heterocycles. The topological polar surface area (TPSA) is 78.9 Å². The van der Waals surface area contributed by atoms with Gasteiger partial charge in [0.2, 0.25) is 0 Å². The van der Waals surface area contributed by atoms with E-state index < -0.39 is 10.8 Å². The Morgan fingerprint density at radius 1 is 0.923 bits per heavy atom. The van der Waals surface area contributed by atoms with E-state index in [1.54, 1.807) is 18.2 Å². The molecule has 1 heterocycles. The van der Waals surface area contributed by atoms with E-state index in [2.05, 4.69) is 25.3 Å². The largest absolute Gasteiger partial charge is 0.340 e. The van der Waals surface area contributed by atoms with Crippen LogP contribution in [-0.2, 0) is 10.8 Å². The molecule has 0 aliphatic heterocycles. The number of hydrogen-bond donors (Lipinski definition) is 3. The molecule has 3 N–H and O–H groups in total. The van der Waals surface area contributed by atoms with Crippen molar-refractivity contribution >= 4 is 45.8 Å². The number of benzene rings is 2. The van der Waals surface area contributed by atoms with Crippen LogP contribution in [-0.4, -0.2) is 27.5 Å². The smallest absolute Gasteiger partial charge is 0.135 e. The van der Waals surface area contributed by atoms with Crippen LogP contribution in [0.25, 0.3) is 0 Å². The van der Waals surface area contributed by atoms with E-state index in [1.165, 1.54) is 6.33 Å². The van der Waals surface area contributed by atoms with E-state index in [9.17, 15) is 4.21 Å². The van der Waals surface area contributed by atoms with Crippen LogP contribution in [0.2, 0.25) is 0 Å². The first-order valence-corrected chi connectivity index (χ1v) is 10.2. The Labute approximate surface area is 159 Å². The fraction of sp³-hybridized carbons (Fsp3) is 0.111. The Kier molecular flexibility index (Phi) is 6.21. The van der Waals surface area contributed by atoms with Crippen molar-refractivity contribution < 1.29 is 4.21 Å². The standard InChI is InChI=1S/C18H19N5OS2/c1-19-25-15-5-3-4-14(10-15)23-18-11-17(20-12-21-18)22-13-6-8-16(9-7-13)26(2)24/h3-12,19H,1-2H3,(H2,20,21,22,23). The van der Waals surface area contributed by atoms with Gasteiger partial charge in [0.05, 0.1) is 0 Å². The van der Waals surface area contributed by atoms with Crippen LogP contribution >= 0.6 is 11.9 Å². The molecule has 0 spiro atoms. The number of anilines is 4. The van der Waals surface area contributed by atoms with Crippen LogP contribution < -0.4 is 15.4 Å². The van der Waals surface area contributed by atoms with Crippen LogP contribution in [0.4, 0.5) is 23.0 Å². The van der Waals surface area contributed by atoms with Crippen molar-refractivity contribution in [2.24, 2.45) is 0 Å². The Hall–Kier alpha value is -2.42. The third kappa shape index (κ3) is 5.04. The van der Waals surface area contributed by atoms with Gasteiger partial charge in [-0.2, -0.15) is 0 Å². The molecule has 8 heteroatoms. The number of hydrogen-bond acceptors (Lipinski definition) is 7. The van der Waals surface area contributed by atoms with Gasteiger partial charge >= 0.3 is 0 Å². The molecule has 0 aliphatic rings. The molecular weight excluding hydrogens is 366 g/mol. The van der Waals surface area contributed by atoms with Gasteiger partial charge in [0.1, 0.15) is 18.0 Å². The van der Waals surface area contributed by atoms with Crippen LogP contribution in [0.5, 0.6) is 0 Å². The number of aromatic nitrogens is 2. The zero-order valence-electron chi connectivity index (χ0n) is 14.4. The molecule has 6 nitrogen and oxygen atoms in total. The van der Waals surface area contributed by atoms with Crippen molar-refractivity contribution in [1.82, 2.24) is 14.7 Å². The van der Waals surface area contributed by atoms with Crippen molar-refractivity contribution in [1.29, 1.82) is 0 Å². The predicted molar refractivity (Wildman–Crippen MR) is 109 cm³/mol. The van der Waals surface area contributed by atoms with E-state index in [-0.39, 0.29) is 0 Å². The fourth-order valence-corrected chi connectivity index (χ4v) is 3.36. The highest BCUT2D eigenvalue weighted by Gasteiger charge is 2.03. The summed E-state index contributed by atoms with van der Waals surface area (Å²) in [6.07, 6.45) is 3.17. The molecule has 3 rings (SSSR count). The van der Waals surface area contributed by atoms with Gasteiger partial charge in [0.15, 0.2) is 0 Å². The Morgan fingerprint density at radius 2 is 1.62 bits per heavy atom. The van der Waals surface area contributed by atoms with Crippen LogP contribution in [0.15, 0.2) is 70.7 Å². The minimum Gasteiger partial charge on any atom is -0.340 e. The highest BCUT2D eigenvalue weighted by atomic mass is 32.2. The molecule has 1 aromatic heterocycles. The van der Waals surface area contributed by atoms with Crippen molar-refractivity contribution in [3.05, 3.63) is 60.9 Å². The summed E-state index contributed by atoms with van der Waals surface area (Å²) < 4.78 is 14.5. The SMILES string of the molecule is CNSc1cccc(Nc2cc(Nc3ccc(S(C)=O)cc3)ncn2)c1. The van der Waals surface area contributed by atoms with Gasteiger partial charge in [-0.3, -0.25) is 8.93 Å². The summed E-state index contributed by atoms with van der Waals surface area (Å²) in [5.74, 6) is 1.37. The highest BCUT2D eigenvalue weighted by Crippen LogP contribution is 2.23. The maximum atomic E-state index is 11.5. The zero-order chi connectivity index (χ0) is 18.4.